The highest BCUT2D eigenvalue weighted by Gasteiger charge is 2.21. The van der Waals surface area contributed by atoms with Crippen LogP contribution in [0.25, 0.3) is 11.4 Å². The molecule has 1 aliphatic rings. The first kappa shape index (κ1) is 20.0. The number of carbonyl (C=O) groups is 1. The third kappa shape index (κ3) is 4.26. The van der Waals surface area contributed by atoms with Crippen molar-refractivity contribution in [2.24, 2.45) is 0 Å². The minimum Gasteiger partial charge on any atom is -0.319 e. The first-order valence-electron chi connectivity index (χ1n) is 10.1. The Kier molecular flexibility index (Phi) is 5.44. The molecule has 4 aromatic rings. The Hall–Kier alpha value is -3.90. The van der Waals surface area contributed by atoms with E-state index >= 15 is 0 Å². The minimum absolute atomic E-state index is 0.0679. The number of carbonyl (C=O) groups excluding carboxylic acids is 1. The zero-order chi connectivity index (χ0) is 21.9. The molecule has 0 radical (unpaired) electrons. The third-order valence-electron chi connectivity index (χ3n) is 5.32. The summed E-state index contributed by atoms with van der Waals surface area (Å²) >= 11 is 1.52. The molecule has 1 fully saturated rings. The summed E-state index contributed by atoms with van der Waals surface area (Å²) in [6.45, 7) is 0. The quantitative estimate of drug-likeness (QED) is 0.455. The summed E-state index contributed by atoms with van der Waals surface area (Å²) in [5.74, 6) is 6.07. The van der Waals surface area contributed by atoms with Crippen molar-refractivity contribution in [1.29, 1.82) is 0 Å². The summed E-state index contributed by atoms with van der Waals surface area (Å²) in [6.07, 6.45) is 3.64. The van der Waals surface area contributed by atoms with Crippen LogP contribution in [0.3, 0.4) is 0 Å². The molecule has 2 aromatic carbocycles. The van der Waals surface area contributed by atoms with E-state index in [4.69, 9.17) is 0 Å². The van der Waals surface area contributed by atoms with E-state index in [1.54, 1.807) is 30.3 Å². The van der Waals surface area contributed by atoms with Crippen molar-refractivity contribution < 1.29 is 9.18 Å². The van der Waals surface area contributed by atoms with E-state index in [0.717, 1.165) is 10.7 Å². The maximum absolute atomic E-state index is 14.3. The topological polar surface area (TPSA) is 96.5 Å². The summed E-state index contributed by atoms with van der Waals surface area (Å²) in [5.41, 5.74) is 2.86. The summed E-state index contributed by atoms with van der Waals surface area (Å²) < 4.78 is 14.3. The lowest BCUT2D eigenvalue weighted by atomic mass is 9.83. The van der Waals surface area contributed by atoms with E-state index in [1.165, 1.54) is 42.7 Å². The predicted octanol–water partition coefficient (Wildman–Crippen LogP) is 4.38. The van der Waals surface area contributed by atoms with Gasteiger partial charge in [-0.3, -0.25) is 4.79 Å². The van der Waals surface area contributed by atoms with Gasteiger partial charge < -0.3 is 5.32 Å². The second-order valence-corrected chi connectivity index (χ2v) is 8.27. The molecule has 32 heavy (non-hydrogen) atoms. The summed E-state index contributed by atoms with van der Waals surface area (Å²) in [6, 6.07) is 11.0. The van der Waals surface area contributed by atoms with E-state index in [1.807, 2.05) is 0 Å². The Bertz CT molecular complexity index is 1320. The van der Waals surface area contributed by atoms with Crippen LogP contribution in [-0.4, -0.2) is 31.5 Å². The van der Waals surface area contributed by atoms with Gasteiger partial charge >= 0.3 is 0 Å². The van der Waals surface area contributed by atoms with Gasteiger partial charge in [0.15, 0.2) is 5.01 Å². The number of H-pyrrole nitrogens is 1. The van der Waals surface area contributed by atoms with Gasteiger partial charge in [0.2, 0.25) is 5.82 Å². The van der Waals surface area contributed by atoms with Crippen LogP contribution in [0.5, 0.6) is 0 Å². The SMILES string of the molecule is O=C(Nc1cc(C#Cc2nc(C3CCC3)cs2)ccc1F)c1ccc(-c2nn[nH]n2)cc1. The first-order chi connectivity index (χ1) is 15.7. The van der Waals surface area contributed by atoms with Crippen LogP contribution < -0.4 is 5.32 Å². The maximum atomic E-state index is 14.3. The molecule has 0 bridgehead atoms. The molecule has 0 aliphatic heterocycles. The van der Waals surface area contributed by atoms with Gasteiger partial charge in [0.1, 0.15) is 5.82 Å². The van der Waals surface area contributed by atoms with Crippen LogP contribution in [0.4, 0.5) is 10.1 Å². The van der Waals surface area contributed by atoms with Crippen LogP contribution in [0.1, 0.15) is 51.8 Å². The second-order valence-electron chi connectivity index (χ2n) is 7.42. The number of halogens is 1. The Morgan fingerprint density at radius 2 is 2.00 bits per heavy atom. The Balaban J connectivity index is 1.29. The zero-order valence-corrected chi connectivity index (χ0v) is 17.6. The molecule has 0 spiro atoms. The summed E-state index contributed by atoms with van der Waals surface area (Å²) in [4.78, 5) is 17.2. The van der Waals surface area contributed by atoms with Crippen molar-refractivity contribution in [1.82, 2.24) is 25.6 Å². The molecule has 1 aliphatic carbocycles. The molecule has 2 heterocycles. The van der Waals surface area contributed by atoms with Gasteiger partial charge in [-0.25, -0.2) is 9.37 Å². The van der Waals surface area contributed by atoms with Gasteiger partial charge in [-0.05, 0) is 54.3 Å². The number of thiazole rings is 1. The number of aromatic nitrogens is 5. The van der Waals surface area contributed by atoms with Gasteiger partial charge in [0.05, 0.1) is 11.4 Å². The standard InChI is InChI=1S/C23H17FN6OS/c24-18-10-4-14(5-11-21-25-20(13-32-21)15-2-1-3-15)12-19(18)26-23(31)17-8-6-16(7-9-17)22-27-29-30-28-22/h4,6-10,12-13,15H,1-3H2,(H,26,31)(H,27,28,29,30). The fourth-order valence-electron chi connectivity index (χ4n) is 3.31. The van der Waals surface area contributed by atoms with E-state index in [9.17, 15) is 9.18 Å². The fourth-order valence-corrected chi connectivity index (χ4v) is 4.05. The molecule has 1 amide bonds. The minimum atomic E-state index is -0.533. The van der Waals surface area contributed by atoms with Crippen molar-refractivity contribution in [2.45, 2.75) is 25.2 Å². The number of benzene rings is 2. The van der Waals surface area contributed by atoms with Crippen LogP contribution in [-0.2, 0) is 0 Å². The third-order valence-corrected chi connectivity index (χ3v) is 6.10. The highest BCUT2D eigenvalue weighted by Crippen LogP contribution is 2.36. The van der Waals surface area contributed by atoms with E-state index in [2.05, 4.69) is 48.1 Å². The van der Waals surface area contributed by atoms with Crippen LogP contribution in [0, 0.1) is 17.7 Å². The molecular formula is C23H17FN6OS. The number of anilines is 1. The number of hydrogen-bond acceptors (Lipinski definition) is 6. The molecule has 158 valence electrons. The number of amides is 1. The number of tetrazole rings is 1. The van der Waals surface area contributed by atoms with Gasteiger partial charge in [-0.1, -0.05) is 24.5 Å². The lowest BCUT2D eigenvalue weighted by Gasteiger charge is -2.22. The smallest absolute Gasteiger partial charge is 0.255 e. The normalized spacial score (nSPS) is 13.2. The predicted molar refractivity (Wildman–Crippen MR) is 119 cm³/mol. The van der Waals surface area contributed by atoms with E-state index in [0.29, 0.717) is 28.4 Å². The van der Waals surface area contributed by atoms with E-state index < -0.39 is 11.7 Å². The van der Waals surface area contributed by atoms with Crippen molar-refractivity contribution in [2.75, 3.05) is 5.32 Å². The Morgan fingerprint density at radius 1 is 1.16 bits per heavy atom. The van der Waals surface area contributed by atoms with Crippen LogP contribution in [0.2, 0.25) is 0 Å². The molecular weight excluding hydrogens is 427 g/mol. The monoisotopic (exact) mass is 444 g/mol. The first-order valence-corrected chi connectivity index (χ1v) is 11.0. The van der Waals surface area contributed by atoms with E-state index in [-0.39, 0.29) is 5.69 Å². The largest absolute Gasteiger partial charge is 0.319 e. The molecule has 2 N–H and O–H groups in total. The molecule has 7 nitrogen and oxygen atoms in total. The van der Waals surface area contributed by atoms with Crippen LogP contribution >= 0.6 is 11.3 Å². The molecule has 0 unspecified atom stereocenters. The van der Waals surface area contributed by atoms with Gasteiger partial charge in [0.25, 0.3) is 5.91 Å². The highest BCUT2D eigenvalue weighted by molar-refractivity contribution is 7.10. The van der Waals surface area contributed by atoms with Crippen LogP contribution in [0.15, 0.2) is 47.8 Å². The summed E-state index contributed by atoms with van der Waals surface area (Å²) in [7, 11) is 0. The van der Waals surface area contributed by atoms with Crippen molar-refractivity contribution in [3.05, 3.63) is 75.5 Å². The number of nitrogens with zero attached hydrogens (tertiary/aromatic N) is 4. The van der Waals surface area contributed by atoms with Gasteiger partial charge in [-0.2, -0.15) is 5.21 Å². The fraction of sp³-hybridized carbons (Fsp3) is 0.174. The molecule has 5 rings (SSSR count). The molecule has 2 aromatic heterocycles. The molecule has 0 saturated heterocycles. The zero-order valence-electron chi connectivity index (χ0n) is 16.8. The second kappa shape index (κ2) is 8.69. The average Bonchev–Trinajstić information content (AvgIpc) is 3.46. The summed E-state index contributed by atoms with van der Waals surface area (Å²) in [5, 5.41) is 19.1. The molecule has 1 saturated carbocycles. The Labute approximate surface area is 187 Å². The number of rotatable bonds is 4. The highest BCUT2D eigenvalue weighted by atomic mass is 32.1. The number of aromatic amines is 1. The Morgan fingerprint density at radius 3 is 2.72 bits per heavy atom. The molecule has 9 heteroatoms. The lowest BCUT2D eigenvalue weighted by Crippen LogP contribution is -2.13. The van der Waals surface area contributed by atoms with Crippen molar-refractivity contribution in [3.8, 4) is 23.2 Å². The lowest BCUT2D eigenvalue weighted by molar-refractivity contribution is 0.102. The van der Waals surface area contributed by atoms with Gasteiger partial charge in [0, 0.05) is 28.0 Å². The number of hydrogen-bond donors (Lipinski definition) is 2. The van der Waals surface area contributed by atoms with Gasteiger partial charge in [-0.15, -0.1) is 21.5 Å². The van der Waals surface area contributed by atoms with Crippen molar-refractivity contribution >= 4 is 22.9 Å². The molecule has 0 atom stereocenters. The maximum Gasteiger partial charge on any atom is 0.255 e. The van der Waals surface area contributed by atoms with Crippen molar-refractivity contribution in [3.63, 3.8) is 0 Å². The average molecular weight is 444 g/mol. The number of nitrogens with one attached hydrogen (secondary N) is 2.